The van der Waals surface area contributed by atoms with Gasteiger partial charge in [-0.05, 0) is 24.1 Å². The summed E-state index contributed by atoms with van der Waals surface area (Å²) in [5.41, 5.74) is 4.19. The van der Waals surface area contributed by atoms with Gasteiger partial charge in [0.2, 0.25) is 0 Å². The monoisotopic (exact) mass is 248 g/mol. The number of rotatable bonds is 3. The number of likely N-dealkylation sites (tertiary alicyclic amines) is 1. The van der Waals surface area contributed by atoms with Crippen molar-refractivity contribution in [3.63, 3.8) is 0 Å². The molecule has 2 aromatic rings. The molecule has 0 bridgehead atoms. The van der Waals surface area contributed by atoms with Gasteiger partial charge in [0.25, 0.3) is 0 Å². The van der Waals surface area contributed by atoms with Crippen LogP contribution in [0.5, 0.6) is 0 Å². The molecule has 0 N–H and O–H groups in total. The molecule has 1 saturated heterocycles. The SMILES string of the molecule is Fc1ccc([C@@H]2CCN2Cc2cscn2)cc1. The molecule has 0 amide bonds. The van der Waals surface area contributed by atoms with Crippen LogP contribution in [0.25, 0.3) is 0 Å². The molecule has 1 fully saturated rings. The van der Waals surface area contributed by atoms with E-state index < -0.39 is 0 Å². The molecule has 1 aromatic heterocycles. The van der Waals surface area contributed by atoms with Gasteiger partial charge >= 0.3 is 0 Å². The normalized spacial score (nSPS) is 20.2. The van der Waals surface area contributed by atoms with E-state index >= 15 is 0 Å². The van der Waals surface area contributed by atoms with Crippen molar-refractivity contribution in [2.45, 2.75) is 19.0 Å². The fraction of sp³-hybridized carbons (Fsp3) is 0.308. The Balaban J connectivity index is 1.70. The zero-order valence-electron chi connectivity index (χ0n) is 9.34. The molecule has 1 aliphatic heterocycles. The minimum Gasteiger partial charge on any atom is -0.290 e. The highest BCUT2D eigenvalue weighted by atomic mass is 32.1. The second-order valence-corrected chi connectivity index (χ2v) is 5.02. The van der Waals surface area contributed by atoms with Crippen LogP contribution in [-0.2, 0) is 6.54 Å². The molecule has 0 unspecified atom stereocenters. The molecule has 0 radical (unpaired) electrons. The second kappa shape index (κ2) is 4.55. The summed E-state index contributed by atoms with van der Waals surface area (Å²) in [5, 5.41) is 2.08. The first-order valence-corrected chi connectivity index (χ1v) is 6.64. The molecular formula is C13H13FN2S. The van der Waals surface area contributed by atoms with Crippen LogP contribution in [0.15, 0.2) is 35.2 Å². The minimum atomic E-state index is -0.167. The number of nitrogens with zero attached hydrogens (tertiary/aromatic N) is 2. The van der Waals surface area contributed by atoms with Gasteiger partial charge in [0.1, 0.15) is 5.82 Å². The smallest absolute Gasteiger partial charge is 0.123 e. The molecule has 0 spiro atoms. The Morgan fingerprint density at radius 1 is 1.35 bits per heavy atom. The maximum absolute atomic E-state index is 12.9. The van der Waals surface area contributed by atoms with Crippen molar-refractivity contribution < 1.29 is 4.39 Å². The lowest BCUT2D eigenvalue weighted by molar-refractivity contribution is 0.0806. The number of hydrogen-bond acceptors (Lipinski definition) is 3. The summed E-state index contributed by atoms with van der Waals surface area (Å²) in [6.07, 6.45) is 1.15. The number of hydrogen-bond donors (Lipinski definition) is 0. The molecule has 3 rings (SSSR count). The highest BCUT2D eigenvalue weighted by Crippen LogP contribution is 2.34. The number of thiazole rings is 1. The van der Waals surface area contributed by atoms with Gasteiger partial charge < -0.3 is 0 Å². The Hall–Kier alpha value is -1.26. The first-order valence-electron chi connectivity index (χ1n) is 5.69. The third kappa shape index (κ3) is 2.23. The fourth-order valence-electron chi connectivity index (χ4n) is 2.22. The maximum Gasteiger partial charge on any atom is 0.123 e. The van der Waals surface area contributed by atoms with E-state index in [0.29, 0.717) is 6.04 Å². The summed E-state index contributed by atoms with van der Waals surface area (Å²) in [4.78, 5) is 6.67. The van der Waals surface area contributed by atoms with Crippen molar-refractivity contribution in [3.05, 3.63) is 52.2 Å². The third-order valence-electron chi connectivity index (χ3n) is 3.23. The summed E-state index contributed by atoms with van der Waals surface area (Å²) in [7, 11) is 0. The van der Waals surface area contributed by atoms with Gasteiger partial charge in [0, 0.05) is 24.5 Å². The number of halogens is 1. The van der Waals surface area contributed by atoms with Gasteiger partial charge in [-0.1, -0.05) is 12.1 Å². The molecule has 2 nitrogen and oxygen atoms in total. The Kier molecular flexibility index (Phi) is 2.91. The summed E-state index contributed by atoms with van der Waals surface area (Å²) < 4.78 is 12.9. The molecule has 88 valence electrons. The van der Waals surface area contributed by atoms with Crippen molar-refractivity contribution in [2.24, 2.45) is 0 Å². The topological polar surface area (TPSA) is 16.1 Å². The van der Waals surface area contributed by atoms with Gasteiger partial charge in [-0.15, -0.1) is 11.3 Å². The van der Waals surface area contributed by atoms with Gasteiger partial charge in [0.15, 0.2) is 0 Å². The van der Waals surface area contributed by atoms with Crippen LogP contribution < -0.4 is 0 Å². The van der Waals surface area contributed by atoms with Crippen molar-refractivity contribution >= 4 is 11.3 Å². The fourth-order valence-corrected chi connectivity index (χ4v) is 2.77. The zero-order valence-corrected chi connectivity index (χ0v) is 10.2. The van der Waals surface area contributed by atoms with E-state index in [4.69, 9.17) is 0 Å². The van der Waals surface area contributed by atoms with Crippen molar-refractivity contribution in [3.8, 4) is 0 Å². The number of aromatic nitrogens is 1. The Bertz CT molecular complexity index is 481. The van der Waals surface area contributed by atoms with Crippen LogP contribution >= 0.6 is 11.3 Å². The first-order chi connectivity index (χ1) is 8.33. The number of benzene rings is 1. The van der Waals surface area contributed by atoms with Crippen LogP contribution in [0, 0.1) is 5.82 Å². The van der Waals surface area contributed by atoms with Crippen LogP contribution in [-0.4, -0.2) is 16.4 Å². The van der Waals surface area contributed by atoms with Gasteiger partial charge in [-0.2, -0.15) is 0 Å². The molecule has 0 saturated carbocycles. The predicted octanol–water partition coefficient (Wildman–Crippen LogP) is 3.23. The summed E-state index contributed by atoms with van der Waals surface area (Å²) >= 11 is 1.63. The van der Waals surface area contributed by atoms with E-state index in [-0.39, 0.29) is 5.82 Å². The van der Waals surface area contributed by atoms with Crippen molar-refractivity contribution in [1.82, 2.24) is 9.88 Å². The average molecular weight is 248 g/mol. The van der Waals surface area contributed by atoms with Gasteiger partial charge in [-0.25, -0.2) is 9.37 Å². The molecule has 2 heterocycles. The largest absolute Gasteiger partial charge is 0.290 e. The lowest BCUT2D eigenvalue weighted by atomic mass is 9.94. The lowest BCUT2D eigenvalue weighted by Crippen LogP contribution is -2.40. The molecule has 1 aromatic carbocycles. The molecule has 1 aliphatic rings. The minimum absolute atomic E-state index is 0.167. The van der Waals surface area contributed by atoms with Gasteiger partial charge in [0.05, 0.1) is 11.2 Å². The van der Waals surface area contributed by atoms with E-state index in [1.807, 2.05) is 17.6 Å². The van der Waals surface area contributed by atoms with Crippen molar-refractivity contribution in [2.75, 3.05) is 6.54 Å². The Labute approximate surface area is 104 Å². The average Bonchev–Trinajstić information content (AvgIpc) is 2.80. The zero-order chi connectivity index (χ0) is 11.7. The second-order valence-electron chi connectivity index (χ2n) is 4.31. The highest BCUT2D eigenvalue weighted by molar-refractivity contribution is 7.07. The molecule has 1 atom stereocenters. The van der Waals surface area contributed by atoms with Crippen molar-refractivity contribution in [1.29, 1.82) is 0 Å². The molecule has 17 heavy (non-hydrogen) atoms. The van der Waals surface area contributed by atoms with Crippen LogP contribution in [0.3, 0.4) is 0 Å². The van der Waals surface area contributed by atoms with Crippen LogP contribution in [0.1, 0.15) is 23.7 Å². The summed E-state index contributed by atoms with van der Waals surface area (Å²) in [6.45, 7) is 1.99. The lowest BCUT2D eigenvalue weighted by Gasteiger charge is -2.41. The van der Waals surface area contributed by atoms with Crippen LogP contribution in [0.2, 0.25) is 0 Å². The maximum atomic E-state index is 12.9. The van der Waals surface area contributed by atoms with E-state index in [1.165, 1.54) is 17.7 Å². The highest BCUT2D eigenvalue weighted by Gasteiger charge is 2.29. The molecule has 4 heteroatoms. The Morgan fingerprint density at radius 2 is 2.18 bits per heavy atom. The van der Waals surface area contributed by atoms with E-state index in [1.54, 1.807) is 11.3 Å². The van der Waals surface area contributed by atoms with E-state index in [9.17, 15) is 4.39 Å². The van der Waals surface area contributed by atoms with E-state index in [2.05, 4.69) is 15.3 Å². The standard InChI is InChI=1S/C13H13FN2S/c14-11-3-1-10(2-4-11)13-5-6-16(13)7-12-8-17-9-15-12/h1-4,8-9,13H,5-7H2/t13-/m0/s1. The first kappa shape index (κ1) is 10.9. The Morgan fingerprint density at radius 3 is 2.76 bits per heavy atom. The quantitative estimate of drug-likeness (QED) is 0.829. The van der Waals surface area contributed by atoms with Crippen LogP contribution in [0.4, 0.5) is 4.39 Å². The molecule has 0 aliphatic carbocycles. The molecular weight excluding hydrogens is 235 g/mol. The third-order valence-corrected chi connectivity index (χ3v) is 3.87. The summed E-state index contributed by atoms with van der Waals surface area (Å²) in [5.74, 6) is -0.167. The predicted molar refractivity (Wildman–Crippen MR) is 66.3 cm³/mol. The van der Waals surface area contributed by atoms with Gasteiger partial charge in [-0.3, -0.25) is 4.90 Å². The summed E-state index contributed by atoms with van der Waals surface area (Å²) in [6, 6.07) is 7.27. The van der Waals surface area contributed by atoms with E-state index in [0.717, 1.165) is 25.2 Å².